The topological polar surface area (TPSA) is 133 Å². The molecular formula is C30H37N7O4S. The molecule has 0 radical (unpaired) electrons. The highest BCUT2D eigenvalue weighted by Crippen LogP contribution is 2.50. The van der Waals surface area contributed by atoms with E-state index < -0.39 is 10.0 Å². The van der Waals surface area contributed by atoms with E-state index in [1.54, 1.807) is 29.1 Å². The zero-order chi connectivity index (χ0) is 30.6. The minimum absolute atomic E-state index is 0.0803. The number of carbonyl (C=O) groups is 1. The Balaban J connectivity index is 1.47. The number of hydrogen-bond acceptors (Lipinski definition) is 7. The van der Waals surface area contributed by atoms with E-state index in [0.717, 1.165) is 41.7 Å². The third-order valence-corrected chi connectivity index (χ3v) is 8.26. The Morgan fingerprint density at radius 3 is 2.40 bits per heavy atom. The van der Waals surface area contributed by atoms with Crippen molar-refractivity contribution in [1.82, 2.24) is 24.5 Å². The van der Waals surface area contributed by atoms with Gasteiger partial charge in [0.15, 0.2) is 5.75 Å². The lowest BCUT2D eigenvalue weighted by molar-refractivity contribution is 0.102. The molecule has 0 bridgehead atoms. The Hall–Kier alpha value is -4.19. The predicted octanol–water partition coefficient (Wildman–Crippen LogP) is 4.96. The highest BCUT2D eigenvalue weighted by atomic mass is 32.2. The molecule has 2 N–H and O–H groups in total. The molecule has 0 atom stereocenters. The van der Waals surface area contributed by atoms with Crippen molar-refractivity contribution in [3.05, 3.63) is 65.2 Å². The van der Waals surface area contributed by atoms with Crippen molar-refractivity contribution < 1.29 is 17.9 Å². The summed E-state index contributed by atoms with van der Waals surface area (Å²) in [6, 6.07) is 8.97. The summed E-state index contributed by atoms with van der Waals surface area (Å²) in [5.74, 6) is 0.799. The molecule has 0 unspecified atom stereocenters. The first-order chi connectivity index (χ1) is 19.6. The standard InChI is InChI=1S/C30H37N7O4S/c1-18-9-10-19(13-24(18)37-17-23(33-35-37)25-16-31-28(36(25)6)29(2,3)4)27(38)32-21-14-20(30(5)11-12-30)15-22(26(21)41-7)34-42(8,39)40/h9-10,13-17,34H,11-12H2,1-8H3,(H,32,38). The van der Waals surface area contributed by atoms with Crippen LogP contribution >= 0.6 is 0 Å². The van der Waals surface area contributed by atoms with Crippen molar-refractivity contribution in [2.24, 2.45) is 7.05 Å². The van der Waals surface area contributed by atoms with Crippen molar-refractivity contribution >= 4 is 27.3 Å². The number of anilines is 2. The second-order valence-corrected chi connectivity index (χ2v) is 14.1. The summed E-state index contributed by atoms with van der Waals surface area (Å²) < 4.78 is 35.9. The Bertz CT molecular complexity index is 1790. The van der Waals surface area contributed by atoms with E-state index in [0.29, 0.717) is 22.6 Å². The maximum absolute atomic E-state index is 13.6. The molecule has 42 heavy (non-hydrogen) atoms. The molecule has 1 saturated carbocycles. The molecule has 12 heteroatoms. The second-order valence-electron chi connectivity index (χ2n) is 12.3. The van der Waals surface area contributed by atoms with Crippen LogP contribution in [0.25, 0.3) is 17.1 Å². The normalized spacial score (nSPS) is 14.5. The van der Waals surface area contributed by atoms with Crippen molar-refractivity contribution in [2.45, 2.75) is 58.3 Å². The minimum atomic E-state index is -3.58. The average Bonchev–Trinajstić information content (AvgIpc) is 3.27. The van der Waals surface area contributed by atoms with E-state index in [-0.39, 0.29) is 28.2 Å². The number of aromatic nitrogens is 5. The first-order valence-corrected chi connectivity index (χ1v) is 15.6. The third kappa shape index (κ3) is 5.76. The minimum Gasteiger partial charge on any atom is -0.492 e. The van der Waals surface area contributed by atoms with Crippen LogP contribution in [0.15, 0.2) is 42.7 Å². The number of amides is 1. The number of sulfonamides is 1. The molecule has 0 saturated heterocycles. The number of imidazole rings is 1. The number of ether oxygens (including phenoxy) is 1. The number of carbonyl (C=O) groups excluding carboxylic acids is 1. The molecule has 5 rings (SSSR count). The Morgan fingerprint density at radius 2 is 1.81 bits per heavy atom. The van der Waals surface area contributed by atoms with Crippen molar-refractivity contribution in [3.8, 4) is 22.8 Å². The van der Waals surface area contributed by atoms with Gasteiger partial charge in [-0.15, -0.1) is 5.10 Å². The van der Waals surface area contributed by atoms with Gasteiger partial charge in [0.2, 0.25) is 10.0 Å². The van der Waals surface area contributed by atoms with Crippen LogP contribution in [0.1, 0.15) is 67.8 Å². The summed E-state index contributed by atoms with van der Waals surface area (Å²) in [5.41, 5.74) is 4.89. The molecular weight excluding hydrogens is 554 g/mol. The summed E-state index contributed by atoms with van der Waals surface area (Å²) in [7, 11) is -0.180. The fourth-order valence-corrected chi connectivity index (χ4v) is 5.63. The first kappa shape index (κ1) is 29.3. The number of rotatable bonds is 8. The fraction of sp³-hybridized carbons (Fsp3) is 0.400. The quantitative estimate of drug-likeness (QED) is 0.296. The molecule has 1 amide bonds. The van der Waals surface area contributed by atoms with Crippen molar-refractivity contribution in [3.63, 3.8) is 0 Å². The molecule has 4 aromatic rings. The lowest BCUT2D eigenvalue weighted by Gasteiger charge is -2.20. The Morgan fingerprint density at radius 1 is 1.12 bits per heavy atom. The van der Waals surface area contributed by atoms with Gasteiger partial charge >= 0.3 is 0 Å². The first-order valence-electron chi connectivity index (χ1n) is 13.7. The van der Waals surface area contributed by atoms with Gasteiger partial charge in [-0.25, -0.2) is 18.1 Å². The average molecular weight is 592 g/mol. The van der Waals surface area contributed by atoms with Gasteiger partial charge in [0.05, 0.1) is 48.5 Å². The van der Waals surface area contributed by atoms with Gasteiger partial charge in [-0.3, -0.25) is 9.52 Å². The van der Waals surface area contributed by atoms with Crippen LogP contribution in [0, 0.1) is 6.92 Å². The van der Waals surface area contributed by atoms with Gasteiger partial charge in [-0.1, -0.05) is 39.0 Å². The molecule has 1 aliphatic rings. The molecule has 2 aromatic carbocycles. The van der Waals surface area contributed by atoms with E-state index in [9.17, 15) is 13.2 Å². The molecule has 1 fully saturated rings. The number of nitrogens with one attached hydrogen (secondary N) is 2. The zero-order valence-corrected chi connectivity index (χ0v) is 26.0. The molecule has 222 valence electrons. The Kier molecular flexibility index (Phi) is 7.16. The van der Waals surface area contributed by atoms with Crippen molar-refractivity contribution in [1.29, 1.82) is 0 Å². The van der Waals surface area contributed by atoms with E-state index in [2.05, 4.69) is 53.0 Å². The predicted molar refractivity (Wildman–Crippen MR) is 163 cm³/mol. The van der Waals surface area contributed by atoms with Gasteiger partial charge in [-0.2, -0.15) is 0 Å². The number of methoxy groups -OCH3 is 1. The van der Waals surface area contributed by atoms with Crippen LogP contribution in [-0.2, 0) is 27.9 Å². The fourth-order valence-electron chi connectivity index (χ4n) is 5.08. The highest BCUT2D eigenvalue weighted by Gasteiger charge is 2.40. The maximum Gasteiger partial charge on any atom is 0.255 e. The summed E-state index contributed by atoms with van der Waals surface area (Å²) in [6.45, 7) is 10.4. The molecule has 11 nitrogen and oxygen atoms in total. The highest BCUT2D eigenvalue weighted by molar-refractivity contribution is 7.92. The van der Waals surface area contributed by atoms with Crippen LogP contribution in [0.2, 0.25) is 0 Å². The smallest absolute Gasteiger partial charge is 0.255 e. The number of aryl methyl sites for hydroxylation is 1. The molecule has 2 aromatic heterocycles. The van der Waals surface area contributed by atoms with Crippen LogP contribution < -0.4 is 14.8 Å². The van der Waals surface area contributed by atoms with Gasteiger partial charge < -0.3 is 14.6 Å². The number of nitrogens with zero attached hydrogens (tertiary/aromatic N) is 5. The number of hydrogen-bond donors (Lipinski definition) is 2. The second kappa shape index (κ2) is 10.3. The third-order valence-electron chi connectivity index (χ3n) is 7.67. The summed E-state index contributed by atoms with van der Waals surface area (Å²) in [4.78, 5) is 18.1. The Labute approximate surface area is 246 Å². The zero-order valence-electron chi connectivity index (χ0n) is 25.2. The van der Waals surface area contributed by atoms with Crippen LogP contribution in [0.3, 0.4) is 0 Å². The van der Waals surface area contributed by atoms with Crippen LogP contribution in [0.4, 0.5) is 11.4 Å². The monoisotopic (exact) mass is 591 g/mol. The summed E-state index contributed by atoms with van der Waals surface area (Å²) >= 11 is 0. The van der Waals surface area contributed by atoms with Gasteiger partial charge in [0, 0.05) is 18.0 Å². The van der Waals surface area contributed by atoms with Gasteiger partial charge in [0.1, 0.15) is 11.5 Å². The van der Waals surface area contributed by atoms with Gasteiger partial charge in [0.25, 0.3) is 5.91 Å². The molecule has 1 aliphatic carbocycles. The largest absolute Gasteiger partial charge is 0.492 e. The maximum atomic E-state index is 13.6. The van der Waals surface area contributed by atoms with Crippen LogP contribution in [-0.4, -0.2) is 52.2 Å². The van der Waals surface area contributed by atoms with Gasteiger partial charge in [-0.05, 0) is 60.6 Å². The molecule has 2 heterocycles. The van der Waals surface area contributed by atoms with E-state index in [1.165, 1.54) is 7.11 Å². The van der Waals surface area contributed by atoms with Crippen LogP contribution in [0.5, 0.6) is 5.75 Å². The number of benzene rings is 2. The lowest BCUT2D eigenvalue weighted by atomic mass is 9.96. The van der Waals surface area contributed by atoms with Crippen molar-refractivity contribution in [2.75, 3.05) is 23.4 Å². The lowest BCUT2D eigenvalue weighted by Crippen LogP contribution is -2.17. The summed E-state index contributed by atoms with van der Waals surface area (Å²) in [5, 5.41) is 11.7. The molecule has 0 spiro atoms. The molecule has 0 aliphatic heterocycles. The van der Waals surface area contributed by atoms with E-state index in [4.69, 9.17) is 4.74 Å². The van der Waals surface area contributed by atoms with E-state index in [1.807, 2.05) is 36.9 Å². The SMILES string of the molecule is COc1c(NC(=O)c2ccc(C)c(-n3cc(-c4cnc(C(C)(C)C)n4C)nn3)c2)cc(C2(C)CC2)cc1NS(C)(=O)=O. The van der Waals surface area contributed by atoms with E-state index >= 15 is 0 Å². The summed E-state index contributed by atoms with van der Waals surface area (Å²) in [6.07, 6.45) is 6.64.